The monoisotopic (exact) mass is 578 g/mol. The zero-order chi connectivity index (χ0) is 30.3. The highest BCUT2D eigenvalue weighted by atomic mass is 35.5. The Labute approximate surface area is 244 Å². The SMILES string of the molecule is CN(CCC[C@H](Cl)c1cccnc1)C(=O)OC(C)(C)C.CN(CCC[C@H](O)c1cccnc1)C(=O)OC(C)(C)C. The van der Waals surface area contributed by atoms with Crippen molar-refractivity contribution in [2.45, 2.75) is 89.9 Å². The highest BCUT2D eigenvalue weighted by Crippen LogP contribution is 2.24. The lowest BCUT2D eigenvalue weighted by atomic mass is 10.1. The molecule has 0 unspecified atom stereocenters. The second-order valence-corrected chi connectivity index (χ2v) is 12.2. The molecule has 0 aliphatic carbocycles. The summed E-state index contributed by atoms with van der Waals surface area (Å²) in [5.74, 6) is 0. The molecular weight excluding hydrogens is 532 g/mol. The van der Waals surface area contributed by atoms with Crippen LogP contribution >= 0.6 is 11.6 Å². The number of ether oxygens (including phenoxy) is 2. The van der Waals surface area contributed by atoms with Crippen LogP contribution < -0.4 is 0 Å². The standard InChI is InChI=1S/C15H23ClN2O2.C15H24N2O3/c1-15(2,3)20-14(19)18(4)10-6-8-13(16)12-7-5-9-17-11-12;1-15(2,3)20-14(19)17(4)10-6-8-13(18)12-7-5-9-16-11-12/h5,7,9,11,13H,6,8,10H2,1-4H3;5,7,9,11,13,18H,6,8,10H2,1-4H3/t2*13-/m00/s1. The minimum atomic E-state index is -0.546. The molecule has 2 aromatic heterocycles. The summed E-state index contributed by atoms with van der Waals surface area (Å²) >= 11 is 6.30. The van der Waals surface area contributed by atoms with Crippen molar-refractivity contribution in [3.05, 3.63) is 60.2 Å². The first-order valence-electron chi connectivity index (χ1n) is 13.6. The predicted octanol–water partition coefficient (Wildman–Crippen LogP) is 6.77. The number of pyridine rings is 2. The largest absolute Gasteiger partial charge is 0.444 e. The summed E-state index contributed by atoms with van der Waals surface area (Å²) < 4.78 is 10.5. The number of carbonyl (C=O) groups is 2. The van der Waals surface area contributed by atoms with Crippen LogP contribution in [0.3, 0.4) is 0 Å². The summed E-state index contributed by atoms with van der Waals surface area (Å²) in [6.07, 6.45) is 8.53. The lowest BCUT2D eigenvalue weighted by Crippen LogP contribution is -2.34. The first-order chi connectivity index (χ1) is 18.6. The van der Waals surface area contributed by atoms with E-state index in [4.69, 9.17) is 21.1 Å². The fourth-order valence-electron chi connectivity index (χ4n) is 3.36. The van der Waals surface area contributed by atoms with Crippen molar-refractivity contribution in [3.8, 4) is 0 Å². The van der Waals surface area contributed by atoms with E-state index in [2.05, 4.69) is 9.97 Å². The second-order valence-electron chi connectivity index (χ2n) is 11.6. The fraction of sp³-hybridized carbons (Fsp3) is 0.600. The first kappa shape index (κ1) is 35.1. The number of alkyl halides is 1. The molecule has 0 saturated heterocycles. The molecule has 0 saturated carbocycles. The third kappa shape index (κ3) is 15.6. The van der Waals surface area contributed by atoms with E-state index in [9.17, 15) is 14.7 Å². The highest BCUT2D eigenvalue weighted by molar-refractivity contribution is 6.20. The number of hydrogen-bond donors (Lipinski definition) is 1. The number of aliphatic hydroxyl groups is 1. The number of aliphatic hydroxyl groups excluding tert-OH is 1. The van der Waals surface area contributed by atoms with Gasteiger partial charge in [0.15, 0.2) is 0 Å². The van der Waals surface area contributed by atoms with E-state index in [0.29, 0.717) is 25.9 Å². The van der Waals surface area contributed by atoms with Crippen LogP contribution in [0.1, 0.15) is 89.8 Å². The molecule has 2 heterocycles. The van der Waals surface area contributed by atoms with Crippen LogP contribution in [0, 0.1) is 0 Å². The van der Waals surface area contributed by atoms with Crippen LogP contribution in [0.4, 0.5) is 9.59 Å². The third-order valence-corrected chi connectivity index (χ3v) is 5.92. The first-order valence-corrected chi connectivity index (χ1v) is 14.0. The normalized spacial score (nSPS) is 12.8. The molecule has 224 valence electrons. The number of halogens is 1. The average molecular weight is 579 g/mol. The average Bonchev–Trinajstić information content (AvgIpc) is 2.87. The second kappa shape index (κ2) is 17.0. The Morgan fingerprint density at radius 1 is 0.825 bits per heavy atom. The van der Waals surface area contributed by atoms with Crippen molar-refractivity contribution in [2.24, 2.45) is 0 Å². The summed E-state index contributed by atoms with van der Waals surface area (Å²) in [7, 11) is 3.44. The van der Waals surface area contributed by atoms with E-state index in [1.54, 1.807) is 49.8 Å². The van der Waals surface area contributed by atoms with Crippen LogP contribution in [-0.4, -0.2) is 75.4 Å². The van der Waals surface area contributed by atoms with Gasteiger partial charge in [-0.2, -0.15) is 0 Å². The Balaban J connectivity index is 0.000000400. The molecule has 0 fully saturated rings. The number of nitrogens with zero attached hydrogens (tertiary/aromatic N) is 4. The van der Waals surface area contributed by atoms with Crippen molar-refractivity contribution >= 4 is 23.8 Å². The van der Waals surface area contributed by atoms with E-state index in [0.717, 1.165) is 24.0 Å². The van der Waals surface area contributed by atoms with E-state index in [1.165, 1.54) is 4.90 Å². The minimum Gasteiger partial charge on any atom is -0.444 e. The topological polar surface area (TPSA) is 105 Å². The molecule has 0 aromatic carbocycles. The van der Waals surface area contributed by atoms with Crippen LogP contribution in [0.25, 0.3) is 0 Å². The molecule has 2 atom stereocenters. The summed E-state index contributed by atoms with van der Waals surface area (Å²) in [5.41, 5.74) is 0.859. The molecule has 1 N–H and O–H groups in total. The smallest absolute Gasteiger partial charge is 0.410 e. The number of hydrogen-bond acceptors (Lipinski definition) is 7. The van der Waals surface area contributed by atoms with Gasteiger partial charge in [0.1, 0.15) is 11.2 Å². The minimum absolute atomic E-state index is 0.0734. The lowest BCUT2D eigenvalue weighted by molar-refractivity contribution is 0.0282. The van der Waals surface area contributed by atoms with Crippen molar-refractivity contribution in [1.82, 2.24) is 19.8 Å². The molecule has 2 rings (SSSR count). The van der Waals surface area contributed by atoms with Crippen molar-refractivity contribution < 1.29 is 24.2 Å². The van der Waals surface area contributed by atoms with Gasteiger partial charge in [0.2, 0.25) is 0 Å². The van der Waals surface area contributed by atoms with Gasteiger partial charge in [0, 0.05) is 52.0 Å². The van der Waals surface area contributed by atoms with E-state index < -0.39 is 17.3 Å². The third-order valence-electron chi connectivity index (χ3n) is 5.45. The summed E-state index contributed by atoms with van der Waals surface area (Å²) in [4.78, 5) is 34.6. The maximum absolute atomic E-state index is 11.8. The Hall–Kier alpha value is -2.91. The van der Waals surface area contributed by atoms with Gasteiger partial charge in [-0.3, -0.25) is 9.97 Å². The van der Waals surface area contributed by atoms with Gasteiger partial charge >= 0.3 is 12.2 Å². The molecule has 40 heavy (non-hydrogen) atoms. The maximum atomic E-state index is 11.8. The molecule has 0 spiro atoms. The number of amides is 2. The van der Waals surface area contributed by atoms with Gasteiger partial charge in [-0.1, -0.05) is 12.1 Å². The fourth-order valence-corrected chi connectivity index (χ4v) is 3.64. The molecule has 0 aliphatic rings. The van der Waals surface area contributed by atoms with Gasteiger partial charge in [-0.15, -0.1) is 11.6 Å². The van der Waals surface area contributed by atoms with E-state index in [1.807, 2.05) is 59.7 Å². The molecular formula is C30H47ClN4O5. The molecule has 2 aromatic rings. The summed E-state index contributed by atoms with van der Waals surface area (Å²) in [6, 6.07) is 7.47. The Morgan fingerprint density at radius 3 is 1.65 bits per heavy atom. The van der Waals surface area contributed by atoms with Crippen LogP contribution in [0.15, 0.2) is 49.1 Å². The van der Waals surface area contributed by atoms with Gasteiger partial charge in [0.25, 0.3) is 0 Å². The Morgan fingerprint density at radius 2 is 1.25 bits per heavy atom. The molecule has 0 radical (unpaired) electrons. The molecule has 9 nitrogen and oxygen atoms in total. The molecule has 0 aliphatic heterocycles. The highest BCUT2D eigenvalue weighted by Gasteiger charge is 2.20. The van der Waals surface area contributed by atoms with Crippen molar-refractivity contribution in [2.75, 3.05) is 27.2 Å². The van der Waals surface area contributed by atoms with Crippen LogP contribution in [-0.2, 0) is 9.47 Å². The van der Waals surface area contributed by atoms with Crippen LogP contribution in [0.5, 0.6) is 0 Å². The quantitative estimate of drug-likeness (QED) is 0.310. The molecule has 10 heteroatoms. The van der Waals surface area contributed by atoms with Gasteiger partial charge in [-0.25, -0.2) is 9.59 Å². The zero-order valence-electron chi connectivity index (χ0n) is 25.3. The van der Waals surface area contributed by atoms with Crippen LogP contribution in [0.2, 0.25) is 0 Å². The number of carbonyl (C=O) groups excluding carboxylic acids is 2. The Kier molecular flexibility index (Phi) is 14.9. The number of rotatable bonds is 10. The van der Waals surface area contributed by atoms with Crippen molar-refractivity contribution in [3.63, 3.8) is 0 Å². The van der Waals surface area contributed by atoms with E-state index >= 15 is 0 Å². The lowest BCUT2D eigenvalue weighted by Gasteiger charge is -2.24. The zero-order valence-corrected chi connectivity index (χ0v) is 26.0. The van der Waals surface area contributed by atoms with Crippen molar-refractivity contribution in [1.29, 1.82) is 0 Å². The van der Waals surface area contributed by atoms with Gasteiger partial charge < -0.3 is 24.4 Å². The molecule has 2 amide bonds. The van der Waals surface area contributed by atoms with E-state index in [-0.39, 0.29) is 17.6 Å². The summed E-state index contributed by atoms with van der Waals surface area (Å²) in [5, 5.41) is 9.91. The number of aromatic nitrogens is 2. The Bertz CT molecular complexity index is 915. The maximum Gasteiger partial charge on any atom is 0.410 e. The molecule has 0 bridgehead atoms. The summed E-state index contributed by atoms with van der Waals surface area (Å²) in [6.45, 7) is 12.3. The predicted molar refractivity (Wildman–Crippen MR) is 158 cm³/mol. The van der Waals surface area contributed by atoms with Gasteiger partial charge in [-0.05, 0) is 90.5 Å². The van der Waals surface area contributed by atoms with Gasteiger partial charge in [0.05, 0.1) is 11.5 Å².